The number of hydrogen-bond acceptors (Lipinski definition) is 5. The summed E-state index contributed by atoms with van der Waals surface area (Å²) in [5.74, 6) is 0.656. The predicted molar refractivity (Wildman–Crippen MR) is 78.8 cm³/mol. The zero-order chi connectivity index (χ0) is 14.5. The molecule has 106 valence electrons. The van der Waals surface area contributed by atoms with Gasteiger partial charge in [0.2, 0.25) is 0 Å². The van der Waals surface area contributed by atoms with E-state index in [0.717, 1.165) is 28.8 Å². The zero-order valence-corrected chi connectivity index (χ0v) is 12.1. The largest absolute Gasteiger partial charge is 0.469 e. The number of aryl methyl sites for hydroxylation is 1. The lowest BCUT2D eigenvalue weighted by atomic mass is 10.1. The Morgan fingerprint density at radius 1 is 1.35 bits per heavy atom. The van der Waals surface area contributed by atoms with Crippen molar-refractivity contribution in [3.8, 4) is 0 Å². The van der Waals surface area contributed by atoms with Crippen LogP contribution in [0.2, 0.25) is 0 Å². The number of anilines is 1. The smallest absolute Gasteiger partial charge is 0.307 e. The minimum absolute atomic E-state index is 0.210. The number of fused-ring (bicyclic) bond motifs is 1. The highest BCUT2D eigenvalue weighted by molar-refractivity contribution is 5.90. The van der Waals surface area contributed by atoms with Gasteiger partial charge >= 0.3 is 5.97 Å². The van der Waals surface area contributed by atoms with Crippen molar-refractivity contribution >= 4 is 22.7 Å². The summed E-state index contributed by atoms with van der Waals surface area (Å²) in [6, 6.07) is 6.10. The van der Waals surface area contributed by atoms with Crippen LogP contribution in [0.1, 0.15) is 18.9 Å². The van der Waals surface area contributed by atoms with E-state index in [4.69, 9.17) is 0 Å². The van der Waals surface area contributed by atoms with Crippen LogP contribution < -0.4 is 4.90 Å². The van der Waals surface area contributed by atoms with Crippen LogP contribution in [0.4, 0.5) is 5.82 Å². The molecule has 1 aromatic heterocycles. The summed E-state index contributed by atoms with van der Waals surface area (Å²) in [5, 5.41) is 1.01. The van der Waals surface area contributed by atoms with Crippen LogP contribution in [0, 0.1) is 6.92 Å². The molecule has 0 bridgehead atoms. The molecule has 0 N–H and O–H groups in total. The number of nitrogens with zero attached hydrogens (tertiary/aromatic N) is 3. The van der Waals surface area contributed by atoms with E-state index >= 15 is 0 Å². The monoisotopic (exact) mass is 273 g/mol. The number of aromatic nitrogens is 2. The Morgan fingerprint density at radius 3 is 2.85 bits per heavy atom. The quantitative estimate of drug-likeness (QED) is 0.783. The minimum atomic E-state index is -0.210. The highest BCUT2D eigenvalue weighted by Crippen LogP contribution is 2.23. The first-order chi connectivity index (χ1) is 9.65. The van der Waals surface area contributed by atoms with Crippen molar-refractivity contribution in [2.24, 2.45) is 0 Å². The van der Waals surface area contributed by atoms with Crippen molar-refractivity contribution in [2.75, 3.05) is 25.1 Å². The highest BCUT2D eigenvalue weighted by Gasteiger charge is 2.12. The Bertz CT molecular complexity index is 613. The summed E-state index contributed by atoms with van der Waals surface area (Å²) in [7, 11) is 1.40. The van der Waals surface area contributed by atoms with Gasteiger partial charge in [-0.15, -0.1) is 0 Å². The summed E-state index contributed by atoms with van der Waals surface area (Å²) in [4.78, 5) is 22.0. The van der Waals surface area contributed by atoms with Gasteiger partial charge in [0.1, 0.15) is 12.1 Å². The number of carbonyl (C=O) groups excluding carboxylic acids is 1. The molecule has 0 aliphatic carbocycles. The second-order valence-corrected chi connectivity index (χ2v) is 4.62. The number of methoxy groups -OCH3 is 1. The van der Waals surface area contributed by atoms with E-state index in [1.54, 1.807) is 6.33 Å². The third kappa shape index (κ3) is 3.04. The topological polar surface area (TPSA) is 55.3 Å². The molecule has 0 atom stereocenters. The Kier molecular flexibility index (Phi) is 4.50. The second kappa shape index (κ2) is 6.32. The maximum atomic E-state index is 11.3. The van der Waals surface area contributed by atoms with Crippen molar-refractivity contribution in [1.82, 2.24) is 9.97 Å². The van der Waals surface area contributed by atoms with Crippen molar-refractivity contribution in [1.29, 1.82) is 0 Å². The van der Waals surface area contributed by atoms with Gasteiger partial charge in [-0.05, 0) is 26.0 Å². The standard InChI is InChI=1S/C15H19N3O2/c1-4-18(8-7-14(19)20-3)15-12-9-11(2)5-6-13(12)16-10-17-15/h5-6,9-10H,4,7-8H2,1-3H3. The Hall–Kier alpha value is -2.17. The van der Waals surface area contributed by atoms with E-state index in [-0.39, 0.29) is 5.97 Å². The Balaban J connectivity index is 2.33. The number of rotatable bonds is 5. The molecule has 5 heteroatoms. The van der Waals surface area contributed by atoms with Gasteiger partial charge in [0.15, 0.2) is 0 Å². The number of hydrogen-bond donors (Lipinski definition) is 0. The van der Waals surface area contributed by atoms with Gasteiger partial charge in [0, 0.05) is 18.5 Å². The summed E-state index contributed by atoms with van der Waals surface area (Å²) < 4.78 is 4.69. The Morgan fingerprint density at radius 2 is 2.15 bits per heavy atom. The van der Waals surface area contributed by atoms with E-state index in [1.165, 1.54) is 7.11 Å². The summed E-state index contributed by atoms with van der Waals surface area (Å²) in [5.41, 5.74) is 2.08. The second-order valence-electron chi connectivity index (χ2n) is 4.62. The maximum absolute atomic E-state index is 11.3. The molecule has 0 fully saturated rings. The molecular formula is C15H19N3O2. The van der Waals surface area contributed by atoms with Crippen molar-refractivity contribution < 1.29 is 9.53 Å². The van der Waals surface area contributed by atoms with Gasteiger partial charge in [-0.25, -0.2) is 9.97 Å². The molecule has 20 heavy (non-hydrogen) atoms. The molecule has 1 heterocycles. The molecule has 0 amide bonds. The average Bonchev–Trinajstić information content (AvgIpc) is 2.47. The zero-order valence-electron chi connectivity index (χ0n) is 12.1. The van der Waals surface area contributed by atoms with E-state index < -0.39 is 0 Å². The van der Waals surface area contributed by atoms with E-state index in [1.807, 2.05) is 26.0 Å². The summed E-state index contributed by atoms with van der Waals surface area (Å²) >= 11 is 0. The van der Waals surface area contributed by atoms with Gasteiger partial charge in [-0.1, -0.05) is 11.6 Å². The highest BCUT2D eigenvalue weighted by atomic mass is 16.5. The first kappa shape index (κ1) is 14.2. The normalized spacial score (nSPS) is 10.6. The average molecular weight is 273 g/mol. The van der Waals surface area contributed by atoms with Gasteiger partial charge in [-0.3, -0.25) is 4.79 Å². The molecule has 0 aliphatic rings. The molecule has 2 rings (SSSR count). The number of ether oxygens (including phenoxy) is 1. The van der Waals surface area contributed by atoms with E-state index in [9.17, 15) is 4.79 Å². The Labute approximate surface area is 118 Å². The van der Waals surface area contributed by atoms with Gasteiger partial charge < -0.3 is 9.64 Å². The minimum Gasteiger partial charge on any atom is -0.469 e. The van der Waals surface area contributed by atoms with Crippen LogP contribution in [-0.4, -0.2) is 36.1 Å². The lowest BCUT2D eigenvalue weighted by molar-refractivity contribution is -0.140. The van der Waals surface area contributed by atoms with Crippen LogP contribution in [0.25, 0.3) is 10.9 Å². The third-order valence-corrected chi connectivity index (χ3v) is 3.26. The number of benzene rings is 1. The molecule has 2 aromatic rings. The fourth-order valence-electron chi connectivity index (χ4n) is 2.15. The first-order valence-electron chi connectivity index (χ1n) is 6.68. The lowest BCUT2D eigenvalue weighted by Gasteiger charge is -2.22. The molecule has 0 radical (unpaired) electrons. The molecule has 5 nitrogen and oxygen atoms in total. The molecule has 0 aliphatic heterocycles. The van der Waals surface area contributed by atoms with Crippen LogP contribution in [0.3, 0.4) is 0 Å². The molecule has 1 aromatic carbocycles. The van der Waals surface area contributed by atoms with Gasteiger partial charge in [-0.2, -0.15) is 0 Å². The van der Waals surface area contributed by atoms with Crippen molar-refractivity contribution in [3.63, 3.8) is 0 Å². The number of esters is 1. The van der Waals surface area contributed by atoms with Crippen molar-refractivity contribution in [3.05, 3.63) is 30.1 Å². The fraction of sp³-hybridized carbons (Fsp3) is 0.400. The fourth-order valence-corrected chi connectivity index (χ4v) is 2.15. The van der Waals surface area contributed by atoms with Crippen LogP contribution in [-0.2, 0) is 9.53 Å². The molecule has 0 unspecified atom stereocenters. The SMILES string of the molecule is CCN(CCC(=O)OC)c1ncnc2ccc(C)cc12. The maximum Gasteiger partial charge on any atom is 0.307 e. The summed E-state index contributed by atoms with van der Waals surface area (Å²) in [6.07, 6.45) is 1.91. The van der Waals surface area contributed by atoms with E-state index in [2.05, 4.69) is 25.7 Å². The van der Waals surface area contributed by atoms with Crippen LogP contribution in [0.5, 0.6) is 0 Å². The van der Waals surface area contributed by atoms with Gasteiger partial charge in [0.25, 0.3) is 0 Å². The lowest BCUT2D eigenvalue weighted by Crippen LogP contribution is -2.27. The van der Waals surface area contributed by atoms with E-state index in [0.29, 0.717) is 13.0 Å². The third-order valence-electron chi connectivity index (χ3n) is 3.26. The number of carbonyl (C=O) groups is 1. The molecular weight excluding hydrogens is 254 g/mol. The van der Waals surface area contributed by atoms with Gasteiger partial charge in [0.05, 0.1) is 19.0 Å². The van der Waals surface area contributed by atoms with Crippen LogP contribution >= 0.6 is 0 Å². The molecule has 0 saturated heterocycles. The van der Waals surface area contributed by atoms with Crippen LogP contribution in [0.15, 0.2) is 24.5 Å². The predicted octanol–water partition coefficient (Wildman–Crippen LogP) is 2.33. The first-order valence-corrected chi connectivity index (χ1v) is 6.68. The molecule has 0 saturated carbocycles. The molecule has 0 spiro atoms. The summed E-state index contributed by atoms with van der Waals surface area (Å²) in [6.45, 7) is 5.45. The van der Waals surface area contributed by atoms with Crippen molar-refractivity contribution in [2.45, 2.75) is 20.3 Å².